The zero-order chi connectivity index (χ0) is 18.9. The van der Waals surface area contributed by atoms with E-state index in [-0.39, 0.29) is 24.4 Å². The van der Waals surface area contributed by atoms with Crippen LogP contribution in [0.1, 0.15) is 43.9 Å². The first kappa shape index (κ1) is 22.8. The Morgan fingerprint density at radius 1 is 1.15 bits per heavy atom. The summed E-state index contributed by atoms with van der Waals surface area (Å²) >= 11 is 0. The molecule has 5 nitrogen and oxygen atoms in total. The van der Waals surface area contributed by atoms with Gasteiger partial charge in [-0.2, -0.15) is 0 Å². The Labute approximate surface area is 167 Å². The van der Waals surface area contributed by atoms with E-state index < -0.39 is 6.04 Å². The minimum atomic E-state index is -0.474. The number of halogens is 1. The molecule has 0 aromatic heterocycles. The Morgan fingerprint density at radius 3 is 2.48 bits per heavy atom. The van der Waals surface area contributed by atoms with E-state index in [4.69, 9.17) is 15.2 Å². The van der Waals surface area contributed by atoms with Crippen LogP contribution >= 0.6 is 12.4 Å². The average molecular weight is 393 g/mol. The van der Waals surface area contributed by atoms with Crippen LogP contribution in [0.2, 0.25) is 0 Å². The summed E-state index contributed by atoms with van der Waals surface area (Å²) in [5, 5.41) is 2.95. The van der Waals surface area contributed by atoms with E-state index in [9.17, 15) is 4.79 Å². The number of benzene rings is 2. The van der Waals surface area contributed by atoms with Gasteiger partial charge in [-0.15, -0.1) is 12.4 Å². The molecule has 0 saturated carbocycles. The van der Waals surface area contributed by atoms with Gasteiger partial charge in [0, 0.05) is 0 Å². The van der Waals surface area contributed by atoms with Gasteiger partial charge in [0.05, 0.1) is 19.2 Å². The van der Waals surface area contributed by atoms with Gasteiger partial charge in [-0.05, 0) is 36.6 Å². The molecule has 2 atom stereocenters. The van der Waals surface area contributed by atoms with E-state index in [1.165, 1.54) is 0 Å². The van der Waals surface area contributed by atoms with Crippen molar-refractivity contribution in [2.75, 3.05) is 7.11 Å². The van der Waals surface area contributed by atoms with Crippen molar-refractivity contribution in [3.63, 3.8) is 0 Å². The summed E-state index contributed by atoms with van der Waals surface area (Å²) in [6.45, 7) is 4.40. The van der Waals surface area contributed by atoms with Crippen molar-refractivity contribution in [1.82, 2.24) is 5.32 Å². The number of ether oxygens (including phenoxy) is 2. The van der Waals surface area contributed by atoms with Crippen molar-refractivity contribution in [3.05, 3.63) is 59.7 Å². The highest BCUT2D eigenvalue weighted by atomic mass is 35.5. The van der Waals surface area contributed by atoms with Gasteiger partial charge < -0.3 is 20.5 Å². The van der Waals surface area contributed by atoms with E-state index in [0.29, 0.717) is 24.5 Å². The van der Waals surface area contributed by atoms with Gasteiger partial charge >= 0.3 is 0 Å². The number of nitrogens with two attached hydrogens (primary N) is 1. The number of methoxy groups -OCH3 is 1. The summed E-state index contributed by atoms with van der Waals surface area (Å²) in [5.74, 6) is 1.17. The zero-order valence-electron chi connectivity index (χ0n) is 16.1. The first-order chi connectivity index (χ1) is 12.5. The lowest BCUT2D eigenvalue weighted by atomic mass is 10.1. The third kappa shape index (κ3) is 6.77. The average Bonchev–Trinajstić information content (AvgIpc) is 2.67. The first-order valence-corrected chi connectivity index (χ1v) is 8.95. The molecule has 2 unspecified atom stereocenters. The van der Waals surface area contributed by atoms with E-state index in [1.54, 1.807) is 7.11 Å². The maximum atomic E-state index is 12.1. The second kappa shape index (κ2) is 11.5. The maximum Gasteiger partial charge on any atom is 0.237 e. The zero-order valence-corrected chi connectivity index (χ0v) is 16.9. The standard InChI is InChI=1S/C21H28N2O3.ClH/c1-4-8-18(22)21(24)23-15(2)17-11-12-19(20(13-17)25-3)26-14-16-9-6-5-7-10-16;/h5-7,9-13,15,18H,4,8,14,22H2,1-3H3,(H,23,24);1H. The van der Waals surface area contributed by atoms with Crippen LogP contribution < -0.4 is 20.5 Å². The van der Waals surface area contributed by atoms with Gasteiger partial charge in [-0.25, -0.2) is 0 Å². The van der Waals surface area contributed by atoms with Crippen molar-refractivity contribution >= 4 is 18.3 Å². The van der Waals surface area contributed by atoms with Crippen LogP contribution in [0.25, 0.3) is 0 Å². The molecule has 0 aliphatic rings. The van der Waals surface area contributed by atoms with Crippen LogP contribution in [0.4, 0.5) is 0 Å². The molecule has 3 N–H and O–H groups in total. The number of hydrogen-bond donors (Lipinski definition) is 2. The number of carbonyl (C=O) groups excluding carboxylic acids is 1. The molecule has 0 aliphatic heterocycles. The topological polar surface area (TPSA) is 73.6 Å². The normalized spacial score (nSPS) is 12.4. The Kier molecular flexibility index (Phi) is 9.68. The van der Waals surface area contributed by atoms with Crippen LogP contribution in [0, 0.1) is 0 Å². The SMILES string of the molecule is CCCC(N)C(=O)NC(C)c1ccc(OCc2ccccc2)c(OC)c1.Cl. The molecular formula is C21H29ClN2O3. The summed E-state index contributed by atoms with van der Waals surface area (Å²) in [5.41, 5.74) is 7.90. The van der Waals surface area contributed by atoms with Crippen molar-refractivity contribution < 1.29 is 14.3 Å². The van der Waals surface area contributed by atoms with Gasteiger partial charge in [-0.1, -0.05) is 49.7 Å². The van der Waals surface area contributed by atoms with Gasteiger partial charge in [-0.3, -0.25) is 4.79 Å². The summed E-state index contributed by atoms with van der Waals surface area (Å²) < 4.78 is 11.3. The van der Waals surface area contributed by atoms with Gasteiger partial charge in [0.25, 0.3) is 0 Å². The maximum absolute atomic E-state index is 12.1. The van der Waals surface area contributed by atoms with Gasteiger partial charge in [0.2, 0.25) is 5.91 Å². The molecule has 0 fully saturated rings. The Hall–Kier alpha value is -2.24. The highest BCUT2D eigenvalue weighted by molar-refractivity contribution is 5.85. The first-order valence-electron chi connectivity index (χ1n) is 8.95. The summed E-state index contributed by atoms with van der Waals surface area (Å²) in [6, 6.07) is 15.0. The molecule has 1 amide bonds. The lowest BCUT2D eigenvalue weighted by Crippen LogP contribution is -2.41. The largest absolute Gasteiger partial charge is 0.493 e. The summed E-state index contributed by atoms with van der Waals surface area (Å²) in [6.07, 6.45) is 1.55. The predicted octanol–water partition coefficient (Wildman–Crippen LogP) is 4.00. The molecular weight excluding hydrogens is 364 g/mol. The molecule has 2 rings (SSSR count). The number of hydrogen-bond acceptors (Lipinski definition) is 4. The molecule has 148 valence electrons. The fraction of sp³-hybridized carbons (Fsp3) is 0.381. The molecule has 27 heavy (non-hydrogen) atoms. The summed E-state index contributed by atoms with van der Waals surface area (Å²) in [4.78, 5) is 12.1. The van der Waals surface area contributed by atoms with Crippen LogP contribution in [0.3, 0.4) is 0 Å². The molecule has 0 heterocycles. The highest BCUT2D eigenvalue weighted by Gasteiger charge is 2.17. The smallest absolute Gasteiger partial charge is 0.237 e. The Balaban J connectivity index is 0.00000364. The van der Waals surface area contributed by atoms with Crippen LogP contribution in [0.15, 0.2) is 48.5 Å². The molecule has 0 bridgehead atoms. The quantitative estimate of drug-likeness (QED) is 0.676. The third-order valence-electron chi connectivity index (χ3n) is 4.22. The van der Waals surface area contributed by atoms with Crippen molar-refractivity contribution in [3.8, 4) is 11.5 Å². The fourth-order valence-electron chi connectivity index (χ4n) is 2.65. The molecule has 2 aromatic carbocycles. The fourth-order valence-corrected chi connectivity index (χ4v) is 2.65. The van der Waals surface area contributed by atoms with Crippen LogP contribution in [-0.4, -0.2) is 19.1 Å². The molecule has 0 radical (unpaired) electrons. The van der Waals surface area contributed by atoms with E-state index in [2.05, 4.69) is 5.32 Å². The van der Waals surface area contributed by atoms with E-state index >= 15 is 0 Å². The van der Waals surface area contributed by atoms with Crippen molar-refractivity contribution in [1.29, 1.82) is 0 Å². The third-order valence-corrected chi connectivity index (χ3v) is 4.22. The van der Waals surface area contributed by atoms with Gasteiger partial charge in [0.15, 0.2) is 11.5 Å². The number of amides is 1. The molecule has 0 spiro atoms. The molecule has 0 saturated heterocycles. The van der Waals surface area contributed by atoms with E-state index in [1.807, 2.05) is 62.4 Å². The minimum absolute atomic E-state index is 0. The molecule has 6 heteroatoms. The molecule has 2 aromatic rings. The van der Waals surface area contributed by atoms with Crippen molar-refractivity contribution in [2.45, 2.75) is 45.4 Å². The van der Waals surface area contributed by atoms with Crippen LogP contribution in [-0.2, 0) is 11.4 Å². The minimum Gasteiger partial charge on any atom is -0.493 e. The lowest BCUT2D eigenvalue weighted by Gasteiger charge is -2.19. The van der Waals surface area contributed by atoms with Gasteiger partial charge in [0.1, 0.15) is 6.61 Å². The second-order valence-electron chi connectivity index (χ2n) is 6.31. The Morgan fingerprint density at radius 2 is 1.85 bits per heavy atom. The summed E-state index contributed by atoms with van der Waals surface area (Å²) in [7, 11) is 1.61. The Bertz CT molecular complexity index is 710. The number of rotatable bonds is 9. The van der Waals surface area contributed by atoms with E-state index in [0.717, 1.165) is 17.5 Å². The number of carbonyl (C=O) groups is 1. The monoisotopic (exact) mass is 392 g/mol. The number of nitrogens with one attached hydrogen (secondary N) is 1. The van der Waals surface area contributed by atoms with Crippen molar-refractivity contribution in [2.24, 2.45) is 5.73 Å². The predicted molar refractivity (Wildman–Crippen MR) is 110 cm³/mol. The second-order valence-corrected chi connectivity index (χ2v) is 6.31. The molecule has 0 aliphatic carbocycles. The highest BCUT2D eigenvalue weighted by Crippen LogP contribution is 2.31. The lowest BCUT2D eigenvalue weighted by molar-refractivity contribution is -0.123. The van der Waals surface area contributed by atoms with Crippen LogP contribution in [0.5, 0.6) is 11.5 Å².